The fourth-order valence-corrected chi connectivity index (χ4v) is 3.57. The van der Waals surface area contributed by atoms with Crippen molar-refractivity contribution in [2.45, 2.75) is 0 Å². The molecule has 0 radical (unpaired) electrons. The van der Waals surface area contributed by atoms with Crippen LogP contribution in [0.2, 0.25) is 0 Å². The number of nitriles is 1. The molecule has 4 aromatic rings. The van der Waals surface area contributed by atoms with Crippen LogP contribution in [0.4, 0.5) is 5.69 Å². The van der Waals surface area contributed by atoms with Gasteiger partial charge in [0.2, 0.25) is 0 Å². The minimum atomic E-state index is -0.305. The highest BCUT2D eigenvalue weighted by Gasteiger charge is 2.16. The molecule has 26 heavy (non-hydrogen) atoms. The Morgan fingerprint density at radius 2 is 2.19 bits per heavy atom. The van der Waals surface area contributed by atoms with E-state index in [2.05, 4.69) is 21.4 Å². The molecule has 0 aliphatic heterocycles. The van der Waals surface area contributed by atoms with Crippen molar-refractivity contribution in [1.82, 2.24) is 14.5 Å². The summed E-state index contributed by atoms with van der Waals surface area (Å²) in [5.41, 5.74) is 3.22. The lowest BCUT2D eigenvalue weighted by atomic mass is 10.2. The van der Waals surface area contributed by atoms with Gasteiger partial charge in [0.25, 0.3) is 5.91 Å². The van der Waals surface area contributed by atoms with Gasteiger partial charge in [-0.2, -0.15) is 5.26 Å². The smallest absolute Gasteiger partial charge is 0.275 e. The van der Waals surface area contributed by atoms with Gasteiger partial charge in [0.05, 0.1) is 11.6 Å². The van der Waals surface area contributed by atoms with Crippen molar-refractivity contribution in [2.24, 2.45) is 7.05 Å². The summed E-state index contributed by atoms with van der Waals surface area (Å²) in [7, 11) is 1.93. The molecule has 126 valence electrons. The molecule has 0 saturated carbocycles. The molecule has 0 unspecified atom stereocenters. The number of thiazole rings is 1. The van der Waals surface area contributed by atoms with Crippen molar-refractivity contribution in [3.8, 4) is 16.6 Å². The average Bonchev–Trinajstić information content (AvgIpc) is 3.27. The van der Waals surface area contributed by atoms with Gasteiger partial charge in [0, 0.05) is 41.5 Å². The van der Waals surface area contributed by atoms with Crippen molar-refractivity contribution in [3.05, 3.63) is 65.4 Å². The van der Waals surface area contributed by atoms with Crippen LogP contribution in [0, 0.1) is 11.3 Å². The Hall–Kier alpha value is -3.50. The number of anilines is 1. The lowest BCUT2D eigenvalue weighted by Crippen LogP contribution is -2.12. The number of hydrogen-bond donors (Lipinski definition) is 1. The molecule has 0 aliphatic rings. The Balaban J connectivity index is 1.63. The predicted octanol–water partition coefficient (Wildman–Crippen LogP) is 3.82. The molecule has 0 atom stereocenters. The Morgan fingerprint density at radius 1 is 1.31 bits per heavy atom. The van der Waals surface area contributed by atoms with E-state index in [1.54, 1.807) is 35.8 Å². The normalized spacial score (nSPS) is 10.6. The molecule has 3 aromatic heterocycles. The second-order valence-electron chi connectivity index (χ2n) is 5.71. The molecule has 1 amide bonds. The largest absolute Gasteiger partial charge is 0.335 e. The molecular formula is C19H13N5OS. The van der Waals surface area contributed by atoms with E-state index >= 15 is 0 Å². The Morgan fingerprint density at radius 3 is 3.04 bits per heavy atom. The lowest BCUT2D eigenvalue weighted by Gasteiger charge is -2.03. The molecule has 1 N–H and O–H groups in total. The van der Waals surface area contributed by atoms with E-state index in [1.807, 2.05) is 29.9 Å². The van der Waals surface area contributed by atoms with Crippen LogP contribution in [0.15, 0.2) is 54.2 Å². The van der Waals surface area contributed by atoms with Crippen molar-refractivity contribution >= 4 is 34.0 Å². The molecule has 0 aliphatic carbocycles. The number of benzene rings is 1. The quantitative estimate of drug-likeness (QED) is 0.603. The molecule has 0 spiro atoms. The number of rotatable bonds is 3. The first-order chi connectivity index (χ1) is 12.7. The van der Waals surface area contributed by atoms with Gasteiger partial charge in [-0.1, -0.05) is 6.07 Å². The predicted molar refractivity (Wildman–Crippen MR) is 101 cm³/mol. The molecular weight excluding hydrogens is 346 g/mol. The van der Waals surface area contributed by atoms with Crippen LogP contribution < -0.4 is 5.32 Å². The van der Waals surface area contributed by atoms with E-state index in [0.29, 0.717) is 16.9 Å². The maximum Gasteiger partial charge on any atom is 0.275 e. The number of aromatic nitrogens is 3. The Kier molecular flexibility index (Phi) is 3.95. The summed E-state index contributed by atoms with van der Waals surface area (Å²) < 4.78 is 1.94. The number of carbonyl (C=O) groups is 1. The number of nitrogens with zero attached hydrogens (tertiary/aromatic N) is 4. The summed E-state index contributed by atoms with van der Waals surface area (Å²) in [4.78, 5) is 21.3. The van der Waals surface area contributed by atoms with Crippen molar-refractivity contribution in [1.29, 1.82) is 5.26 Å². The van der Waals surface area contributed by atoms with Gasteiger partial charge in [0.1, 0.15) is 16.3 Å². The third-order valence-corrected chi connectivity index (χ3v) is 4.83. The maximum absolute atomic E-state index is 12.5. The topological polar surface area (TPSA) is 83.6 Å². The third kappa shape index (κ3) is 2.83. The molecule has 0 bridgehead atoms. The molecule has 6 nitrogen and oxygen atoms in total. The summed E-state index contributed by atoms with van der Waals surface area (Å²) in [6.45, 7) is 0. The minimum absolute atomic E-state index is 0.305. The van der Waals surface area contributed by atoms with Gasteiger partial charge in [-0.15, -0.1) is 11.3 Å². The van der Waals surface area contributed by atoms with E-state index in [1.165, 1.54) is 11.3 Å². The summed E-state index contributed by atoms with van der Waals surface area (Å²) in [6, 6.07) is 12.7. The van der Waals surface area contributed by atoms with Gasteiger partial charge >= 0.3 is 0 Å². The van der Waals surface area contributed by atoms with Crippen molar-refractivity contribution < 1.29 is 4.79 Å². The lowest BCUT2D eigenvalue weighted by molar-refractivity contribution is 0.102. The third-order valence-electron chi connectivity index (χ3n) is 3.95. The number of amides is 1. The van der Waals surface area contributed by atoms with Crippen LogP contribution in [-0.4, -0.2) is 20.4 Å². The Bertz CT molecular complexity index is 1170. The number of hydrogen-bond acceptors (Lipinski definition) is 5. The van der Waals surface area contributed by atoms with E-state index < -0.39 is 0 Å². The van der Waals surface area contributed by atoms with E-state index in [4.69, 9.17) is 5.26 Å². The highest BCUT2D eigenvalue weighted by molar-refractivity contribution is 7.13. The Labute approximate surface area is 153 Å². The molecule has 1 aromatic carbocycles. The highest BCUT2D eigenvalue weighted by Crippen LogP contribution is 2.31. The molecule has 4 rings (SSSR count). The first-order valence-electron chi connectivity index (χ1n) is 7.83. The van der Waals surface area contributed by atoms with Crippen LogP contribution >= 0.6 is 11.3 Å². The standard InChI is InChI=1S/C19H13N5OS/c1-24-10-15(14-6-3-7-21-17(14)24)19-23-16(11-26-19)18(25)22-13-5-2-4-12(8-13)9-20/h2-8,10-11H,1H3,(H,22,25). The SMILES string of the molecule is Cn1cc(-c2nc(C(=O)Nc3cccc(C#N)c3)cs2)c2cccnc21. The van der Waals surface area contributed by atoms with Gasteiger partial charge in [0.15, 0.2) is 0 Å². The van der Waals surface area contributed by atoms with E-state index in [0.717, 1.165) is 21.6 Å². The zero-order valence-electron chi connectivity index (χ0n) is 13.8. The van der Waals surface area contributed by atoms with Crippen LogP contribution in [-0.2, 0) is 7.05 Å². The minimum Gasteiger partial charge on any atom is -0.335 e. The fourth-order valence-electron chi connectivity index (χ4n) is 2.75. The van der Waals surface area contributed by atoms with Crippen LogP contribution in [0.5, 0.6) is 0 Å². The van der Waals surface area contributed by atoms with Crippen LogP contribution in [0.1, 0.15) is 16.1 Å². The van der Waals surface area contributed by atoms with Gasteiger partial charge in [-0.25, -0.2) is 9.97 Å². The summed E-state index contributed by atoms with van der Waals surface area (Å²) in [6.07, 6.45) is 3.72. The molecule has 3 heterocycles. The number of fused-ring (bicyclic) bond motifs is 1. The van der Waals surface area contributed by atoms with Gasteiger partial charge in [-0.3, -0.25) is 4.79 Å². The summed E-state index contributed by atoms with van der Waals surface area (Å²) in [5.74, 6) is -0.305. The number of nitrogens with one attached hydrogen (secondary N) is 1. The molecule has 0 saturated heterocycles. The highest BCUT2D eigenvalue weighted by atomic mass is 32.1. The number of carbonyl (C=O) groups excluding carboxylic acids is 1. The van der Waals surface area contributed by atoms with Gasteiger partial charge < -0.3 is 9.88 Å². The monoisotopic (exact) mass is 359 g/mol. The number of pyridine rings is 1. The summed E-state index contributed by atoms with van der Waals surface area (Å²) >= 11 is 1.41. The van der Waals surface area contributed by atoms with Crippen LogP contribution in [0.3, 0.4) is 0 Å². The van der Waals surface area contributed by atoms with E-state index in [-0.39, 0.29) is 5.91 Å². The zero-order valence-corrected chi connectivity index (χ0v) is 14.6. The maximum atomic E-state index is 12.5. The van der Waals surface area contributed by atoms with E-state index in [9.17, 15) is 4.79 Å². The second kappa shape index (κ2) is 6.43. The molecule has 7 heteroatoms. The van der Waals surface area contributed by atoms with Crippen molar-refractivity contribution in [3.63, 3.8) is 0 Å². The average molecular weight is 359 g/mol. The summed E-state index contributed by atoms with van der Waals surface area (Å²) in [5, 5.41) is 15.2. The molecule has 0 fully saturated rings. The zero-order chi connectivity index (χ0) is 18.1. The first kappa shape index (κ1) is 16.0. The van der Waals surface area contributed by atoms with Gasteiger partial charge in [-0.05, 0) is 30.3 Å². The van der Waals surface area contributed by atoms with Crippen LogP contribution in [0.25, 0.3) is 21.6 Å². The first-order valence-corrected chi connectivity index (χ1v) is 8.71. The fraction of sp³-hybridized carbons (Fsp3) is 0.0526. The van der Waals surface area contributed by atoms with Crippen molar-refractivity contribution in [2.75, 3.05) is 5.32 Å². The number of aryl methyl sites for hydroxylation is 1. The second-order valence-corrected chi connectivity index (χ2v) is 6.57.